The monoisotopic (exact) mass is 331 g/mol. The molecule has 0 aliphatic rings. The summed E-state index contributed by atoms with van der Waals surface area (Å²) < 4.78 is 7.40. The molecule has 0 aromatic carbocycles. The molecule has 0 aliphatic heterocycles. The molecule has 0 aliphatic carbocycles. The highest BCUT2D eigenvalue weighted by molar-refractivity contribution is 7.13. The second-order valence-electron chi connectivity index (χ2n) is 5.03. The van der Waals surface area contributed by atoms with Gasteiger partial charge in [0.1, 0.15) is 5.76 Å². The number of aromatic nitrogens is 3. The SMILES string of the molecule is Cc1ccc(-c2nc(CO/N=C(/N)[C@@H](C)n3ccnc3)cs2)o1. The number of nitrogens with two attached hydrogens (primary N) is 1. The summed E-state index contributed by atoms with van der Waals surface area (Å²) in [6, 6.07) is 3.70. The summed E-state index contributed by atoms with van der Waals surface area (Å²) in [4.78, 5) is 13.7. The first-order chi connectivity index (χ1) is 11.1. The molecular formula is C15H17N5O2S. The molecule has 0 fully saturated rings. The lowest BCUT2D eigenvalue weighted by molar-refractivity contribution is 0.126. The molecule has 1 atom stereocenters. The number of oxime groups is 1. The fourth-order valence-corrected chi connectivity index (χ4v) is 2.70. The van der Waals surface area contributed by atoms with Crippen LogP contribution in [0.3, 0.4) is 0 Å². The van der Waals surface area contributed by atoms with Crippen molar-refractivity contribution in [2.45, 2.75) is 26.5 Å². The van der Waals surface area contributed by atoms with Gasteiger partial charge in [0.15, 0.2) is 23.2 Å². The molecule has 0 radical (unpaired) electrons. The van der Waals surface area contributed by atoms with E-state index in [9.17, 15) is 0 Å². The number of nitrogens with zero attached hydrogens (tertiary/aromatic N) is 4. The molecule has 0 saturated carbocycles. The molecule has 3 heterocycles. The maximum atomic E-state index is 5.92. The number of imidazole rings is 1. The Bertz CT molecular complexity index is 791. The minimum absolute atomic E-state index is 0.116. The van der Waals surface area contributed by atoms with Crippen molar-refractivity contribution >= 4 is 17.2 Å². The van der Waals surface area contributed by atoms with Crippen molar-refractivity contribution in [1.82, 2.24) is 14.5 Å². The predicted molar refractivity (Wildman–Crippen MR) is 87.9 cm³/mol. The Labute approximate surface area is 137 Å². The Morgan fingerprint density at radius 3 is 3.09 bits per heavy atom. The summed E-state index contributed by atoms with van der Waals surface area (Å²) in [5, 5.41) is 6.68. The number of thiazole rings is 1. The van der Waals surface area contributed by atoms with E-state index in [1.54, 1.807) is 12.5 Å². The van der Waals surface area contributed by atoms with Crippen LogP contribution in [0.15, 0.2) is 45.8 Å². The zero-order valence-electron chi connectivity index (χ0n) is 12.8. The van der Waals surface area contributed by atoms with Crippen LogP contribution < -0.4 is 5.73 Å². The molecule has 0 saturated heterocycles. The lowest BCUT2D eigenvalue weighted by Gasteiger charge is -2.11. The molecule has 0 bridgehead atoms. The molecule has 3 aromatic heterocycles. The Hall–Kier alpha value is -2.61. The van der Waals surface area contributed by atoms with Crippen molar-refractivity contribution in [3.8, 4) is 10.8 Å². The fraction of sp³-hybridized carbons (Fsp3) is 0.267. The third-order valence-corrected chi connectivity index (χ3v) is 4.19. The van der Waals surface area contributed by atoms with E-state index >= 15 is 0 Å². The lowest BCUT2D eigenvalue weighted by Crippen LogP contribution is -2.24. The van der Waals surface area contributed by atoms with E-state index in [-0.39, 0.29) is 12.6 Å². The van der Waals surface area contributed by atoms with Gasteiger partial charge in [0.25, 0.3) is 0 Å². The number of hydrogen-bond acceptors (Lipinski definition) is 6. The van der Waals surface area contributed by atoms with Gasteiger partial charge in [-0.25, -0.2) is 9.97 Å². The van der Waals surface area contributed by atoms with Crippen molar-refractivity contribution in [2.75, 3.05) is 0 Å². The maximum Gasteiger partial charge on any atom is 0.162 e. The van der Waals surface area contributed by atoms with E-state index in [1.165, 1.54) is 11.3 Å². The summed E-state index contributed by atoms with van der Waals surface area (Å²) in [5.74, 6) is 1.99. The van der Waals surface area contributed by atoms with Crippen LogP contribution >= 0.6 is 11.3 Å². The quantitative estimate of drug-likeness (QED) is 0.426. The third-order valence-electron chi connectivity index (χ3n) is 3.29. The van der Waals surface area contributed by atoms with E-state index < -0.39 is 0 Å². The molecule has 3 rings (SSSR count). The van der Waals surface area contributed by atoms with Gasteiger partial charge in [0.2, 0.25) is 0 Å². The highest BCUT2D eigenvalue weighted by atomic mass is 32.1. The van der Waals surface area contributed by atoms with E-state index in [4.69, 9.17) is 15.0 Å². The van der Waals surface area contributed by atoms with Crippen molar-refractivity contribution in [1.29, 1.82) is 0 Å². The number of aryl methyl sites for hydroxylation is 1. The van der Waals surface area contributed by atoms with Crippen LogP contribution in [0.1, 0.15) is 24.4 Å². The number of furan rings is 1. The number of rotatable bonds is 6. The topological polar surface area (TPSA) is 91.5 Å². The predicted octanol–water partition coefficient (Wildman–Crippen LogP) is 2.96. The van der Waals surface area contributed by atoms with Crippen molar-refractivity contribution in [3.63, 3.8) is 0 Å². The molecule has 0 amide bonds. The zero-order chi connectivity index (χ0) is 16.2. The first kappa shape index (κ1) is 15.3. The minimum atomic E-state index is -0.116. The normalized spacial score (nSPS) is 13.2. The molecule has 120 valence electrons. The van der Waals surface area contributed by atoms with E-state index in [0.717, 1.165) is 22.2 Å². The third kappa shape index (κ3) is 3.59. The molecule has 8 heteroatoms. The van der Waals surface area contributed by atoms with Crippen LogP contribution in [0.4, 0.5) is 0 Å². The summed E-state index contributed by atoms with van der Waals surface area (Å²) >= 11 is 1.50. The first-order valence-corrected chi connectivity index (χ1v) is 7.95. The molecular weight excluding hydrogens is 314 g/mol. The summed E-state index contributed by atoms with van der Waals surface area (Å²) in [6.07, 6.45) is 5.20. The largest absolute Gasteiger partial charge is 0.459 e. The summed E-state index contributed by atoms with van der Waals surface area (Å²) in [6.45, 7) is 4.08. The molecule has 3 aromatic rings. The Balaban J connectivity index is 1.58. The van der Waals surface area contributed by atoms with Gasteiger partial charge in [0.05, 0.1) is 18.1 Å². The first-order valence-electron chi connectivity index (χ1n) is 7.07. The lowest BCUT2D eigenvalue weighted by atomic mass is 10.3. The fourth-order valence-electron chi connectivity index (χ4n) is 1.94. The molecule has 0 unspecified atom stereocenters. The average molecular weight is 331 g/mol. The Kier molecular flexibility index (Phi) is 4.42. The van der Waals surface area contributed by atoms with Crippen molar-refractivity contribution < 1.29 is 9.25 Å². The van der Waals surface area contributed by atoms with E-state index in [2.05, 4.69) is 15.1 Å². The van der Waals surface area contributed by atoms with Gasteiger partial charge >= 0.3 is 0 Å². The molecule has 23 heavy (non-hydrogen) atoms. The standard InChI is InChI=1S/C15H17N5O2S/c1-10-3-4-13(22-10)15-18-12(8-23-15)7-21-19-14(16)11(2)20-6-5-17-9-20/h3-6,8-9,11H,7H2,1-2H3,(H2,16,19)/t11-/m1/s1. The van der Waals surface area contributed by atoms with Gasteiger partial charge < -0.3 is 19.6 Å². The van der Waals surface area contributed by atoms with Crippen LogP contribution in [-0.4, -0.2) is 20.4 Å². The minimum Gasteiger partial charge on any atom is -0.459 e. The van der Waals surface area contributed by atoms with Crippen LogP contribution in [-0.2, 0) is 11.4 Å². The van der Waals surface area contributed by atoms with Crippen LogP contribution in [0.2, 0.25) is 0 Å². The Morgan fingerprint density at radius 1 is 1.52 bits per heavy atom. The van der Waals surface area contributed by atoms with Gasteiger partial charge in [-0.1, -0.05) is 5.16 Å². The Morgan fingerprint density at radius 2 is 2.39 bits per heavy atom. The van der Waals surface area contributed by atoms with Crippen molar-refractivity contribution in [3.05, 3.63) is 47.7 Å². The smallest absolute Gasteiger partial charge is 0.162 e. The van der Waals surface area contributed by atoms with Crippen LogP contribution in [0.25, 0.3) is 10.8 Å². The summed E-state index contributed by atoms with van der Waals surface area (Å²) in [7, 11) is 0. The van der Waals surface area contributed by atoms with Gasteiger partial charge in [-0.15, -0.1) is 11.3 Å². The van der Waals surface area contributed by atoms with Crippen LogP contribution in [0.5, 0.6) is 0 Å². The highest BCUT2D eigenvalue weighted by Gasteiger charge is 2.10. The van der Waals surface area contributed by atoms with Crippen molar-refractivity contribution in [2.24, 2.45) is 10.9 Å². The number of amidine groups is 1. The zero-order valence-corrected chi connectivity index (χ0v) is 13.7. The highest BCUT2D eigenvalue weighted by Crippen LogP contribution is 2.25. The molecule has 7 nitrogen and oxygen atoms in total. The summed E-state index contributed by atoms with van der Waals surface area (Å²) in [5.41, 5.74) is 6.70. The van der Waals surface area contributed by atoms with Crippen LogP contribution in [0, 0.1) is 6.92 Å². The molecule has 0 spiro atoms. The molecule has 2 N–H and O–H groups in total. The van der Waals surface area contributed by atoms with E-state index in [0.29, 0.717) is 5.84 Å². The second-order valence-corrected chi connectivity index (χ2v) is 5.89. The van der Waals surface area contributed by atoms with Gasteiger partial charge in [-0.3, -0.25) is 0 Å². The van der Waals surface area contributed by atoms with E-state index in [1.807, 2.05) is 42.1 Å². The average Bonchev–Trinajstić information content (AvgIpc) is 3.27. The maximum absolute atomic E-state index is 5.92. The number of hydrogen-bond donors (Lipinski definition) is 1. The van der Waals surface area contributed by atoms with Gasteiger partial charge in [-0.2, -0.15) is 0 Å². The van der Waals surface area contributed by atoms with Gasteiger partial charge in [0, 0.05) is 17.8 Å². The second kappa shape index (κ2) is 6.66. The van der Waals surface area contributed by atoms with Gasteiger partial charge in [-0.05, 0) is 26.0 Å².